The Morgan fingerprint density at radius 1 is 1.28 bits per heavy atom. The molecule has 0 radical (unpaired) electrons. The number of rotatable bonds is 6. The third-order valence-corrected chi connectivity index (χ3v) is 7.14. The first-order valence-corrected chi connectivity index (χ1v) is 11.4. The van der Waals surface area contributed by atoms with Gasteiger partial charge in [-0.15, -0.1) is 6.42 Å². The van der Waals surface area contributed by atoms with Gasteiger partial charge in [0.15, 0.2) is 5.82 Å². The molecular formula is C27H32N2O3. The number of aliphatic hydroxyl groups excluding tert-OH is 1. The van der Waals surface area contributed by atoms with Gasteiger partial charge in [0.05, 0.1) is 12.8 Å². The van der Waals surface area contributed by atoms with Crippen molar-refractivity contribution in [1.82, 2.24) is 9.97 Å². The van der Waals surface area contributed by atoms with Crippen molar-refractivity contribution in [1.29, 1.82) is 0 Å². The summed E-state index contributed by atoms with van der Waals surface area (Å²) in [5.74, 6) is 2.69. The fourth-order valence-corrected chi connectivity index (χ4v) is 4.77. The molecule has 1 aromatic carbocycles. The largest absolute Gasteiger partial charge is 0.395 e. The number of aromatic nitrogens is 2. The molecule has 1 aromatic heterocycles. The molecule has 5 nitrogen and oxygen atoms in total. The van der Waals surface area contributed by atoms with Crippen LogP contribution in [-0.4, -0.2) is 40.7 Å². The number of ketones is 1. The van der Waals surface area contributed by atoms with Gasteiger partial charge >= 0.3 is 0 Å². The lowest BCUT2D eigenvalue weighted by atomic mass is 9.72. The van der Waals surface area contributed by atoms with Crippen molar-refractivity contribution in [2.24, 2.45) is 5.41 Å². The number of Topliss-reactive ketones (excluding diaryl/α,β-unsaturated/α-hetero) is 1. The molecule has 5 heteroatoms. The van der Waals surface area contributed by atoms with Gasteiger partial charge in [-0.3, -0.25) is 4.79 Å². The molecule has 168 valence electrons. The van der Waals surface area contributed by atoms with Crippen LogP contribution in [0.15, 0.2) is 30.5 Å². The third kappa shape index (κ3) is 4.57. The van der Waals surface area contributed by atoms with Gasteiger partial charge in [-0.25, -0.2) is 4.98 Å². The molecule has 1 aliphatic heterocycles. The van der Waals surface area contributed by atoms with Crippen molar-refractivity contribution in [3.8, 4) is 12.3 Å². The first kappa shape index (κ1) is 22.5. The fraction of sp³-hybridized carbons (Fsp3) is 0.481. The number of terminal acetylenes is 1. The van der Waals surface area contributed by atoms with Gasteiger partial charge in [-0.2, -0.15) is 0 Å². The van der Waals surface area contributed by atoms with E-state index in [2.05, 4.69) is 54.0 Å². The molecular weight excluding hydrogens is 400 g/mol. The van der Waals surface area contributed by atoms with Gasteiger partial charge in [-0.1, -0.05) is 44.0 Å². The Morgan fingerprint density at radius 2 is 2.06 bits per heavy atom. The minimum absolute atomic E-state index is 0.0832. The monoisotopic (exact) mass is 432 g/mol. The van der Waals surface area contributed by atoms with Crippen molar-refractivity contribution in [2.45, 2.75) is 57.8 Å². The Bertz CT molecular complexity index is 1060. The molecule has 1 aliphatic carbocycles. The lowest BCUT2D eigenvalue weighted by Crippen LogP contribution is -2.37. The van der Waals surface area contributed by atoms with Crippen LogP contribution < -0.4 is 0 Å². The number of benzene rings is 1. The summed E-state index contributed by atoms with van der Waals surface area (Å²) in [5, 5.41) is 10.3. The van der Waals surface area contributed by atoms with Crippen LogP contribution in [0.3, 0.4) is 0 Å². The predicted octanol–water partition coefficient (Wildman–Crippen LogP) is 4.45. The second kappa shape index (κ2) is 9.05. The normalized spacial score (nSPS) is 19.8. The zero-order valence-electron chi connectivity index (χ0n) is 19.0. The molecule has 2 aliphatic rings. The SMILES string of the molecule is C#Cc1cnc(C(=O)Cc2ccc(C3(CO)CCOCC3)cc2C2=CCC(C)(C)CC2)[nH]1. The molecule has 0 unspecified atom stereocenters. The number of imidazole rings is 1. The van der Waals surface area contributed by atoms with E-state index in [1.165, 1.54) is 11.8 Å². The Hall–Kier alpha value is -2.68. The van der Waals surface area contributed by atoms with Crippen molar-refractivity contribution in [3.05, 3.63) is 58.7 Å². The molecule has 0 saturated carbocycles. The number of nitrogens with zero attached hydrogens (tertiary/aromatic N) is 1. The molecule has 0 spiro atoms. The van der Waals surface area contributed by atoms with Crippen LogP contribution in [0.25, 0.3) is 5.57 Å². The summed E-state index contributed by atoms with van der Waals surface area (Å²) in [6.45, 7) is 6.00. The van der Waals surface area contributed by atoms with Gasteiger partial charge in [0.1, 0.15) is 5.69 Å². The van der Waals surface area contributed by atoms with Gasteiger partial charge < -0.3 is 14.8 Å². The number of H-pyrrole nitrogens is 1. The quantitative estimate of drug-likeness (QED) is 0.522. The van der Waals surface area contributed by atoms with Crippen LogP contribution in [0.5, 0.6) is 0 Å². The Kier molecular flexibility index (Phi) is 6.37. The fourth-order valence-electron chi connectivity index (χ4n) is 4.77. The van der Waals surface area contributed by atoms with Crippen LogP contribution in [0.2, 0.25) is 0 Å². The molecule has 2 N–H and O–H groups in total. The number of allylic oxidation sites excluding steroid dienone is 2. The topological polar surface area (TPSA) is 75.2 Å². The first-order valence-electron chi connectivity index (χ1n) is 11.4. The van der Waals surface area contributed by atoms with E-state index < -0.39 is 0 Å². The molecule has 1 saturated heterocycles. The zero-order chi connectivity index (χ0) is 22.8. The molecule has 1 fully saturated rings. The summed E-state index contributed by atoms with van der Waals surface area (Å²) in [7, 11) is 0. The molecule has 0 amide bonds. The van der Waals surface area contributed by atoms with E-state index in [9.17, 15) is 9.90 Å². The number of ether oxygens (including phenoxy) is 1. The zero-order valence-corrected chi connectivity index (χ0v) is 19.0. The van der Waals surface area contributed by atoms with E-state index in [1.807, 2.05) is 0 Å². The average molecular weight is 433 g/mol. The Labute approximate surface area is 190 Å². The number of nitrogens with one attached hydrogen (secondary N) is 1. The lowest BCUT2D eigenvalue weighted by Gasteiger charge is -2.37. The highest BCUT2D eigenvalue weighted by atomic mass is 16.5. The molecule has 2 aromatic rings. The van der Waals surface area contributed by atoms with Crippen LogP contribution in [0.4, 0.5) is 0 Å². The number of aromatic amines is 1. The molecule has 4 rings (SSSR count). The summed E-state index contributed by atoms with van der Waals surface area (Å²) in [4.78, 5) is 20.0. The summed E-state index contributed by atoms with van der Waals surface area (Å²) in [5.41, 5.74) is 5.05. The summed E-state index contributed by atoms with van der Waals surface area (Å²) in [6, 6.07) is 6.35. The minimum Gasteiger partial charge on any atom is -0.395 e. The van der Waals surface area contributed by atoms with Gasteiger partial charge in [0, 0.05) is 25.0 Å². The molecule has 2 heterocycles. The summed E-state index contributed by atoms with van der Waals surface area (Å²) < 4.78 is 5.56. The number of aliphatic hydroxyl groups is 1. The predicted molar refractivity (Wildman–Crippen MR) is 125 cm³/mol. The van der Waals surface area contributed by atoms with E-state index in [1.54, 1.807) is 0 Å². The van der Waals surface area contributed by atoms with Crippen molar-refractivity contribution in [2.75, 3.05) is 19.8 Å². The van der Waals surface area contributed by atoms with Gasteiger partial charge in [0.2, 0.25) is 5.78 Å². The van der Waals surface area contributed by atoms with E-state index in [-0.39, 0.29) is 24.2 Å². The van der Waals surface area contributed by atoms with E-state index in [4.69, 9.17) is 11.2 Å². The van der Waals surface area contributed by atoms with Crippen LogP contribution in [0, 0.1) is 17.8 Å². The highest BCUT2D eigenvalue weighted by molar-refractivity contribution is 5.95. The maximum absolute atomic E-state index is 12.9. The highest BCUT2D eigenvalue weighted by Crippen LogP contribution is 2.41. The number of carbonyl (C=O) groups excluding carboxylic acids is 1. The van der Waals surface area contributed by atoms with E-state index >= 15 is 0 Å². The van der Waals surface area contributed by atoms with Gasteiger partial charge in [0.25, 0.3) is 0 Å². The van der Waals surface area contributed by atoms with Crippen LogP contribution >= 0.6 is 0 Å². The van der Waals surface area contributed by atoms with Crippen LogP contribution in [-0.2, 0) is 16.6 Å². The maximum Gasteiger partial charge on any atom is 0.202 e. The minimum atomic E-state index is -0.285. The molecule has 0 atom stereocenters. The lowest BCUT2D eigenvalue weighted by molar-refractivity contribution is 0.0253. The number of carbonyl (C=O) groups is 1. The molecule has 0 bridgehead atoms. The van der Waals surface area contributed by atoms with E-state index in [0.29, 0.717) is 30.1 Å². The van der Waals surface area contributed by atoms with Crippen molar-refractivity contribution < 1.29 is 14.6 Å². The summed E-state index contributed by atoms with van der Waals surface area (Å²) in [6.07, 6.45) is 14.2. The smallest absolute Gasteiger partial charge is 0.202 e. The maximum atomic E-state index is 12.9. The number of hydrogen-bond donors (Lipinski definition) is 2. The highest BCUT2D eigenvalue weighted by Gasteiger charge is 2.35. The second-order valence-electron chi connectivity index (χ2n) is 9.91. The second-order valence-corrected chi connectivity index (χ2v) is 9.91. The number of hydrogen-bond acceptors (Lipinski definition) is 4. The first-order chi connectivity index (χ1) is 15.4. The summed E-state index contributed by atoms with van der Waals surface area (Å²) >= 11 is 0. The Balaban J connectivity index is 1.71. The standard InChI is InChI=1S/C27H32N2O3/c1-4-22-17-28-25(29-22)24(31)15-20-5-6-21(27(18-30)11-13-32-14-12-27)16-23(20)19-7-9-26(2,3)10-8-19/h1,5-7,16-17,30H,8-15,18H2,2-3H3,(H,28,29). The van der Waals surface area contributed by atoms with Crippen LogP contribution in [0.1, 0.15) is 79.0 Å². The average Bonchev–Trinajstić information content (AvgIpc) is 3.29. The van der Waals surface area contributed by atoms with Crippen molar-refractivity contribution >= 4 is 11.4 Å². The van der Waals surface area contributed by atoms with E-state index in [0.717, 1.165) is 48.8 Å². The molecule has 32 heavy (non-hydrogen) atoms. The van der Waals surface area contributed by atoms with Crippen molar-refractivity contribution in [3.63, 3.8) is 0 Å². The third-order valence-electron chi connectivity index (χ3n) is 7.14. The Morgan fingerprint density at radius 3 is 2.69 bits per heavy atom. The van der Waals surface area contributed by atoms with Gasteiger partial charge in [-0.05, 0) is 59.8 Å².